The summed E-state index contributed by atoms with van der Waals surface area (Å²) >= 11 is 15.6. The standard InChI is InChI=1S/C23H21BrCl2N2O3S/c1-16(17-7-10-19(24)11-8-17)27-23(29)15-28(14-18-9-12-20(25)13-22(18)26)32(30,31)21-5-3-2-4-6-21/h2-13,16H,14-15H2,1H3,(H,27,29)/t16-/m0/s1. The van der Waals surface area contributed by atoms with E-state index in [1.165, 1.54) is 12.1 Å². The van der Waals surface area contributed by atoms with Gasteiger partial charge in [0.2, 0.25) is 15.9 Å². The zero-order chi connectivity index (χ0) is 23.3. The van der Waals surface area contributed by atoms with Gasteiger partial charge >= 0.3 is 0 Å². The molecule has 32 heavy (non-hydrogen) atoms. The molecular formula is C23H21BrCl2N2O3S. The summed E-state index contributed by atoms with van der Waals surface area (Å²) in [5.41, 5.74) is 1.45. The highest BCUT2D eigenvalue weighted by molar-refractivity contribution is 9.10. The molecule has 0 saturated carbocycles. The number of sulfonamides is 1. The fourth-order valence-corrected chi connectivity index (χ4v) is 5.22. The highest BCUT2D eigenvalue weighted by Gasteiger charge is 2.28. The minimum absolute atomic E-state index is 0.0761. The smallest absolute Gasteiger partial charge is 0.243 e. The number of rotatable bonds is 8. The van der Waals surface area contributed by atoms with Gasteiger partial charge in [0.1, 0.15) is 0 Å². The summed E-state index contributed by atoms with van der Waals surface area (Å²) < 4.78 is 28.7. The Balaban J connectivity index is 1.84. The molecule has 1 atom stereocenters. The molecule has 5 nitrogen and oxygen atoms in total. The van der Waals surface area contributed by atoms with Crippen molar-refractivity contribution in [2.24, 2.45) is 0 Å². The van der Waals surface area contributed by atoms with Crippen molar-refractivity contribution in [3.63, 3.8) is 0 Å². The van der Waals surface area contributed by atoms with Gasteiger partial charge in [-0.05, 0) is 54.4 Å². The predicted octanol–water partition coefficient (Wildman–Crippen LogP) is 5.82. The van der Waals surface area contributed by atoms with E-state index in [9.17, 15) is 13.2 Å². The minimum atomic E-state index is -3.95. The van der Waals surface area contributed by atoms with Gasteiger partial charge in [0, 0.05) is 21.1 Å². The SMILES string of the molecule is C[C@H](NC(=O)CN(Cc1ccc(Cl)cc1Cl)S(=O)(=O)c1ccccc1)c1ccc(Br)cc1. The summed E-state index contributed by atoms with van der Waals surface area (Å²) in [6.07, 6.45) is 0. The van der Waals surface area contributed by atoms with Gasteiger partial charge in [-0.3, -0.25) is 4.79 Å². The maximum Gasteiger partial charge on any atom is 0.243 e. The molecule has 0 aliphatic heterocycles. The molecule has 0 unspecified atom stereocenters. The molecule has 0 fully saturated rings. The largest absolute Gasteiger partial charge is 0.348 e. The fourth-order valence-electron chi connectivity index (χ4n) is 3.09. The third kappa shape index (κ3) is 6.33. The van der Waals surface area contributed by atoms with Gasteiger partial charge in [-0.2, -0.15) is 4.31 Å². The molecule has 0 aliphatic rings. The summed E-state index contributed by atoms with van der Waals surface area (Å²) in [4.78, 5) is 12.9. The van der Waals surface area contributed by atoms with Crippen LogP contribution in [0.4, 0.5) is 0 Å². The highest BCUT2D eigenvalue weighted by atomic mass is 79.9. The first-order chi connectivity index (χ1) is 15.2. The lowest BCUT2D eigenvalue weighted by Crippen LogP contribution is -2.41. The average Bonchev–Trinajstić information content (AvgIpc) is 2.76. The van der Waals surface area contributed by atoms with Crippen LogP contribution in [0.15, 0.2) is 82.2 Å². The van der Waals surface area contributed by atoms with Gasteiger partial charge in [-0.25, -0.2) is 8.42 Å². The van der Waals surface area contributed by atoms with E-state index < -0.39 is 15.9 Å². The summed E-state index contributed by atoms with van der Waals surface area (Å²) in [6, 6.07) is 20.1. The Labute approximate surface area is 206 Å². The third-order valence-corrected chi connectivity index (χ3v) is 7.73. The van der Waals surface area contributed by atoms with Crippen molar-refractivity contribution in [2.75, 3.05) is 6.54 Å². The van der Waals surface area contributed by atoms with Crippen LogP contribution in [0.2, 0.25) is 10.0 Å². The summed E-state index contributed by atoms with van der Waals surface area (Å²) in [5, 5.41) is 3.63. The maximum absolute atomic E-state index is 13.3. The van der Waals surface area contributed by atoms with E-state index in [1.54, 1.807) is 36.4 Å². The molecule has 0 heterocycles. The number of hydrogen-bond donors (Lipinski definition) is 1. The topological polar surface area (TPSA) is 66.5 Å². The molecule has 3 aromatic rings. The highest BCUT2D eigenvalue weighted by Crippen LogP contribution is 2.25. The number of carbonyl (C=O) groups is 1. The Morgan fingerprint density at radius 3 is 2.31 bits per heavy atom. The summed E-state index contributed by atoms with van der Waals surface area (Å²) in [5.74, 6) is -0.426. The molecule has 1 N–H and O–H groups in total. The summed E-state index contributed by atoms with van der Waals surface area (Å²) in [6.45, 7) is 1.40. The second-order valence-electron chi connectivity index (χ2n) is 7.16. The zero-order valence-electron chi connectivity index (χ0n) is 17.1. The van der Waals surface area contributed by atoms with Crippen molar-refractivity contribution in [1.29, 1.82) is 0 Å². The molecule has 0 radical (unpaired) electrons. The Morgan fingerprint density at radius 1 is 1.03 bits per heavy atom. The number of amides is 1. The Bertz CT molecular complexity index is 1190. The molecule has 1 amide bonds. The molecule has 168 valence electrons. The Kier molecular flexibility index (Phi) is 8.36. The first kappa shape index (κ1) is 24.7. The normalized spacial score (nSPS) is 12.5. The van der Waals surface area contributed by atoms with Crippen LogP contribution in [0.3, 0.4) is 0 Å². The molecule has 0 aromatic heterocycles. The van der Waals surface area contributed by atoms with Gasteiger partial charge in [0.05, 0.1) is 17.5 Å². The van der Waals surface area contributed by atoms with E-state index >= 15 is 0 Å². The van der Waals surface area contributed by atoms with Crippen LogP contribution in [0.5, 0.6) is 0 Å². The van der Waals surface area contributed by atoms with Crippen molar-refractivity contribution < 1.29 is 13.2 Å². The molecule has 9 heteroatoms. The first-order valence-electron chi connectivity index (χ1n) is 9.71. The van der Waals surface area contributed by atoms with Crippen LogP contribution in [0, 0.1) is 0 Å². The van der Waals surface area contributed by atoms with Crippen molar-refractivity contribution in [3.8, 4) is 0 Å². The Hall–Kier alpha value is -1.90. The molecule has 0 spiro atoms. The molecular weight excluding hydrogens is 535 g/mol. The van der Waals surface area contributed by atoms with Gasteiger partial charge < -0.3 is 5.32 Å². The van der Waals surface area contributed by atoms with E-state index in [2.05, 4.69) is 21.2 Å². The number of halogens is 3. The quantitative estimate of drug-likeness (QED) is 0.380. The van der Waals surface area contributed by atoms with E-state index in [0.29, 0.717) is 15.6 Å². The molecule has 0 aliphatic carbocycles. The number of hydrogen-bond acceptors (Lipinski definition) is 3. The van der Waals surface area contributed by atoms with Crippen LogP contribution >= 0.6 is 39.1 Å². The van der Waals surface area contributed by atoms with Gasteiger partial charge in [-0.1, -0.05) is 75.5 Å². The zero-order valence-corrected chi connectivity index (χ0v) is 21.0. The number of nitrogens with zero attached hydrogens (tertiary/aromatic N) is 1. The predicted molar refractivity (Wildman–Crippen MR) is 131 cm³/mol. The van der Waals surface area contributed by atoms with E-state index in [-0.39, 0.29) is 24.0 Å². The van der Waals surface area contributed by atoms with Crippen molar-refractivity contribution >= 4 is 55.1 Å². The van der Waals surface area contributed by atoms with Gasteiger partial charge in [0.15, 0.2) is 0 Å². The fraction of sp³-hybridized carbons (Fsp3) is 0.174. The van der Waals surface area contributed by atoms with E-state index in [4.69, 9.17) is 23.2 Å². The lowest BCUT2D eigenvalue weighted by molar-refractivity contribution is -0.122. The van der Waals surface area contributed by atoms with Crippen LogP contribution in [-0.4, -0.2) is 25.2 Å². The Morgan fingerprint density at radius 2 is 1.69 bits per heavy atom. The van der Waals surface area contributed by atoms with Crippen molar-refractivity contribution in [3.05, 3.63) is 98.4 Å². The maximum atomic E-state index is 13.3. The molecule has 3 aromatic carbocycles. The van der Waals surface area contributed by atoms with E-state index in [1.807, 2.05) is 31.2 Å². The first-order valence-corrected chi connectivity index (χ1v) is 12.7. The molecule has 0 saturated heterocycles. The van der Waals surface area contributed by atoms with Crippen LogP contribution in [0.25, 0.3) is 0 Å². The number of nitrogens with one attached hydrogen (secondary N) is 1. The average molecular weight is 556 g/mol. The molecule has 3 rings (SSSR count). The van der Waals surface area contributed by atoms with E-state index in [0.717, 1.165) is 14.3 Å². The van der Waals surface area contributed by atoms with Crippen LogP contribution in [0.1, 0.15) is 24.1 Å². The number of benzene rings is 3. The minimum Gasteiger partial charge on any atom is -0.348 e. The van der Waals surface area contributed by atoms with Gasteiger partial charge in [0.25, 0.3) is 0 Å². The monoisotopic (exact) mass is 554 g/mol. The van der Waals surface area contributed by atoms with Crippen LogP contribution in [-0.2, 0) is 21.4 Å². The van der Waals surface area contributed by atoms with Crippen molar-refractivity contribution in [1.82, 2.24) is 9.62 Å². The molecule has 0 bridgehead atoms. The lowest BCUT2D eigenvalue weighted by atomic mass is 10.1. The summed E-state index contributed by atoms with van der Waals surface area (Å²) in [7, 11) is -3.95. The van der Waals surface area contributed by atoms with Crippen LogP contribution < -0.4 is 5.32 Å². The second kappa shape index (κ2) is 10.8. The van der Waals surface area contributed by atoms with Gasteiger partial charge in [-0.15, -0.1) is 0 Å². The van der Waals surface area contributed by atoms with Crippen molar-refractivity contribution in [2.45, 2.75) is 24.4 Å². The third-order valence-electron chi connectivity index (χ3n) is 4.81. The number of carbonyl (C=O) groups excluding carboxylic acids is 1. The second-order valence-corrected chi connectivity index (χ2v) is 10.9. The lowest BCUT2D eigenvalue weighted by Gasteiger charge is -2.24.